The first kappa shape index (κ1) is 21.7. The van der Waals surface area contributed by atoms with Gasteiger partial charge in [-0.2, -0.15) is 0 Å². The number of hydrogen-bond donors (Lipinski definition) is 2. The Morgan fingerprint density at radius 2 is 1.43 bits per heavy atom. The van der Waals surface area contributed by atoms with Gasteiger partial charge in [0.15, 0.2) is 11.5 Å². The second-order valence-electron chi connectivity index (χ2n) is 6.66. The van der Waals surface area contributed by atoms with Crippen molar-refractivity contribution >= 4 is 17.5 Å². The van der Waals surface area contributed by atoms with Gasteiger partial charge in [0.2, 0.25) is 0 Å². The van der Waals surface area contributed by atoms with Gasteiger partial charge in [-0.1, -0.05) is 72.3 Å². The van der Waals surface area contributed by atoms with Crippen molar-refractivity contribution in [1.29, 1.82) is 0 Å². The maximum Gasteiger partial charge on any atom is 0.252 e. The van der Waals surface area contributed by atoms with Crippen molar-refractivity contribution in [3.63, 3.8) is 0 Å². The van der Waals surface area contributed by atoms with Crippen LogP contribution in [-0.4, -0.2) is 26.0 Å². The topological polar surface area (TPSA) is 59.6 Å². The number of likely N-dealkylation sites (N-methyl/N-ethyl adjacent to an activating group) is 1. The lowest BCUT2D eigenvalue weighted by Gasteiger charge is -2.17. The molecule has 0 aliphatic rings. The lowest BCUT2D eigenvalue weighted by molar-refractivity contribution is 0.0953. The summed E-state index contributed by atoms with van der Waals surface area (Å²) in [5, 5.41) is 6.06. The van der Waals surface area contributed by atoms with Crippen LogP contribution in [0.3, 0.4) is 0 Å². The number of hydrogen-bond acceptors (Lipinski definition) is 4. The summed E-state index contributed by atoms with van der Waals surface area (Å²) in [6.07, 6.45) is 0. The van der Waals surface area contributed by atoms with E-state index in [1.807, 2.05) is 67.7 Å². The second kappa shape index (κ2) is 11.2. The molecule has 0 aliphatic heterocycles. The molecule has 3 rings (SSSR count). The monoisotopic (exact) mass is 424 g/mol. The molecule has 3 aromatic rings. The highest BCUT2D eigenvalue weighted by Gasteiger charge is 2.19. The van der Waals surface area contributed by atoms with Crippen molar-refractivity contribution in [2.24, 2.45) is 0 Å². The summed E-state index contributed by atoms with van der Waals surface area (Å²) in [4.78, 5) is 12.5. The van der Waals surface area contributed by atoms with Crippen LogP contribution in [-0.2, 0) is 13.2 Å². The Hall–Kier alpha value is -3.02. The van der Waals surface area contributed by atoms with Gasteiger partial charge in [0, 0.05) is 13.1 Å². The Labute approximate surface area is 182 Å². The summed E-state index contributed by atoms with van der Waals surface area (Å²) in [7, 11) is 1.83. The highest BCUT2D eigenvalue weighted by Crippen LogP contribution is 2.38. The SMILES string of the molecule is CNCCNC(=O)c1ccc(OCc2ccccc2)c(OCc2ccccc2)c1Cl. The van der Waals surface area contributed by atoms with Gasteiger partial charge in [0.05, 0.1) is 10.6 Å². The Morgan fingerprint density at radius 3 is 2.03 bits per heavy atom. The number of ether oxygens (including phenoxy) is 2. The number of carbonyl (C=O) groups excluding carboxylic acids is 1. The number of halogens is 1. The van der Waals surface area contributed by atoms with Crippen LogP contribution in [0.5, 0.6) is 11.5 Å². The molecule has 0 saturated heterocycles. The minimum atomic E-state index is -0.255. The molecule has 0 spiro atoms. The molecule has 30 heavy (non-hydrogen) atoms. The fraction of sp³-hybridized carbons (Fsp3) is 0.208. The van der Waals surface area contributed by atoms with E-state index < -0.39 is 0 Å². The summed E-state index contributed by atoms with van der Waals surface area (Å²) in [6.45, 7) is 1.84. The van der Waals surface area contributed by atoms with Crippen LogP contribution < -0.4 is 20.1 Å². The molecule has 0 fully saturated rings. The molecule has 6 heteroatoms. The molecule has 0 unspecified atom stereocenters. The number of nitrogens with one attached hydrogen (secondary N) is 2. The maximum atomic E-state index is 12.5. The van der Waals surface area contributed by atoms with Crippen LogP contribution in [0, 0.1) is 0 Å². The van der Waals surface area contributed by atoms with E-state index in [2.05, 4.69) is 10.6 Å². The van der Waals surface area contributed by atoms with E-state index in [9.17, 15) is 4.79 Å². The Bertz CT molecular complexity index is 949. The third-order valence-corrected chi connectivity index (χ3v) is 4.80. The van der Waals surface area contributed by atoms with E-state index >= 15 is 0 Å². The minimum Gasteiger partial charge on any atom is -0.485 e. The van der Waals surface area contributed by atoms with Crippen LogP contribution >= 0.6 is 11.6 Å². The molecule has 5 nitrogen and oxygen atoms in total. The van der Waals surface area contributed by atoms with E-state index in [0.717, 1.165) is 11.1 Å². The fourth-order valence-corrected chi connectivity index (χ4v) is 3.12. The summed E-state index contributed by atoms with van der Waals surface area (Å²) in [5.41, 5.74) is 2.37. The fourth-order valence-electron chi connectivity index (χ4n) is 2.82. The zero-order valence-electron chi connectivity index (χ0n) is 16.9. The number of amides is 1. The molecule has 0 aliphatic carbocycles. The largest absolute Gasteiger partial charge is 0.485 e. The molecule has 0 saturated carbocycles. The molecule has 2 N–H and O–H groups in total. The normalized spacial score (nSPS) is 10.5. The first-order valence-corrected chi connectivity index (χ1v) is 10.2. The molecule has 0 atom stereocenters. The zero-order valence-corrected chi connectivity index (χ0v) is 17.6. The van der Waals surface area contributed by atoms with Crippen LogP contribution in [0.15, 0.2) is 72.8 Å². The molecule has 0 aromatic heterocycles. The third kappa shape index (κ3) is 5.99. The van der Waals surface area contributed by atoms with Crippen LogP contribution in [0.4, 0.5) is 0 Å². The molecule has 0 radical (unpaired) electrons. The van der Waals surface area contributed by atoms with Gasteiger partial charge in [-0.15, -0.1) is 0 Å². The van der Waals surface area contributed by atoms with Crippen LogP contribution in [0.25, 0.3) is 0 Å². The third-order valence-electron chi connectivity index (χ3n) is 4.43. The van der Waals surface area contributed by atoms with E-state index in [-0.39, 0.29) is 10.9 Å². The van der Waals surface area contributed by atoms with Gasteiger partial charge in [0.25, 0.3) is 5.91 Å². The van der Waals surface area contributed by atoms with Crippen molar-refractivity contribution in [2.45, 2.75) is 13.2 Å². The first-order chi connectivity index (χ1) is 14.7. The van der Waals surface area contributed by atoms with Gasteiger partial charge < -0.3 is 20.1 Å². The molecule has 0 heterocycles. The number of benzene rings is 3. The van der Waals surface area contributed by atoms with Crippen molar-refractivity contribution in [2.75, 3.05) is 20.1 Å². The summed E-state index contributed by atoms with van der Waals surface area (Å²) < 4.78 is 12.0. The van der Waals surface area contributed by atoms with Gasteiger partial charge in [-0.3, -0.25) is 4.79 Å². The smallest absolute Gasteiger partial charge is 0.252 e. The average molecular weight is 425 g/mol. The number of rotatable bonds is 10. The summed E-state index contributed by atoms with van der Waals surface area (Å²) in [6, 6.07) is 23.0. The lowest BCUT2D eigenvalue weighted by atomic mass is 10.1. The highest BCUT2D eigenvalue weighted by molar-refractivity contribution is 6.35. The molecule has 0 bridgehead atoms. The van der Waals surface area contributed by atoms with Gasteiger partial charge in [-0.05, 0) is 30.3 Å². The standard InChI is InChI=1S/C24H25ClN2O3/c1-26-14-15-27-24(28)20-12-13-21(29-16-18-8-4-2-5-9-18)23(22(20)25)30-17-19-10-6-3-7-11-19/h2-13,26H,14-17H2,1H3,(H,27,28). The van der Waals surface area contributed by atoms with Gasteiger partial charge in [0.1, 0.15) is 13.2 Å². The molecule has 156 valence electrons. The Balaban J connectivity index is 1.82. The molecular formula is C24H25ClN2O3. The predicted molar refractivity (Wildman–Crippen MR) is 119 cm³/mol. The average Bonchev–Trinajstić information content (AvgIpc) is 2.78. The molecule has 3 aromatic carbocycles. The molecule has 1 amide bonds. The van der Waals surface area contributed by atoms with Crippen molar-refractivity contribution < 1.29 is 14.3 Å². The zero-order chi connectivity index (χ0) is 21.2. The van der Waals surface area contributed by atoms with Gasteiger partial charge in [-0.25, -0.2) is 0 Å². The van der Waals surface area contributed by atoms with Crippen LogP contribution in [0.2, 0.25) is 5.02 Å². The lowest BCUT2D eigenvalue weighted by Crippen LogP contribution is -2.30. The predicted octanol–water partition coefficient (Wildman–Crippen LogP) is 4.45. The summed E-state index contributed by atoms with van der Waals surface area (Å²) in [5.74, 6) is 0.596. The Kier molecular flexibility index (Phi) is 8.12. The number of carbonyl (C=O) groups is 1. The second-order valence-corrected chi connectivity index (χ2v) is 7.04. The van der Waals surface area contributed by atoms with Crippen LogP contribution in [0.1, 0.15) is 21.5 Å². The van der Waals surface area contributed by atoms with Crippen molar-refractivity contribution in [1.82, 2.24) is 10.6 Å². The first-order valence-electron chi connectivity index (χ1n) is 9.77. The van der Waals surface area contributed by atoms with E-state index in [0.29, 0.717) is 43.4 Å². The minimum absolute atomic E-state index is 0.235. The maximum absolute atomic E-state index is 12.5. The van der Waals surface area contributed by atoms with Crippen molar-refractivity contribution in [3.8, 4) is 11.5 Å². The van der Waals surface area contributed by atoms with Gasteiger partial charge >= 0.3 is 0 Å². The van der Waals surface area contributed by atoms with Crippen molar-refractivity contribution in [3.05, 3.63) is 94.5 Å². The molecular weight excluding hydrogens is 400 g/mol. The summed E-state index contributed by atoms with van der Waals surface area (Å²) >= 11 is 6.59. The van der Waals surface area contributed by atoms with E-state index in [1.54, 1.807) is 12.1 Å². The van der Waals surface area contributed by atoms with E-state index in [4.69, 9.17) is 21.1 Å². The quantitative estimate of drug-likeness (QED) is 0.472. The van der Waals surface area contributed by atoms with E-state index in [1.165, 1.54) is 0 Å². The Morgan fingerprint density at radius 1 is 0.833 bits per heavy atom. The highest BCUT2D eigenvalue weighted by atomic mass is 35.5.